The summed E-state index contributed by atoms with van der Waals surface area (Å²) in [4.78, 5) is 25.4. The van der Waals surface area contributed by atoms with Crippen molar-refractivity contribution < 1.29 is 19.1 Å². The Kier molecular flexibility index (Phi) is 3.19. The van der Waals surface area contributed by atoms with Crippen LogP contribution in [0.5, 0.6) is 0 Å². The molecule has 0 radical (unpaired) electrons. The Labute approximate surface area is 143 Å². The lowest BCUT2D eigenvalue weighted by Gasteiger charge is -2.50. The normalized spacial score (nSPS) is 43.8. The van der Waals surface area contributed by atoms with Crippen molar-refractivity contribution in [2.75, 3.05) is 13.2 Å². The van der Waals surface area contributed by atoms with E-state index >= 15 is 0 Å². The molecule has 1 saturated heterocycles. The predicted molar refractivity (Wildman–Crippen MR) is 87.2 cm³/mol. The molecular formula is C20H26O4. The lowest BCUT2D eigenvalue weighted by atomic mass is 9.54. The van der Waals surface area contributed by atoms with Gasteiger partial charge in [-0.05, 0) is 37.5 Å². The second-order valence-corrected chi connectivity index (χ2v) is 8.72. The van der Waals surface area contributed by atoms with E-state index in [0.29, 0.717) is 49.5 Å². The summed E-state index contributed by atoms with van der Waals surface area (Å²) in [6, 6.07) is 0. The summed E-state index contributed by atoms with van der Waals surface area (Å²) in [6.45, 7) is 3.44. The van der Waals surface area contributed by atoms with Gasteiger partial charge in [-0.1, -0.05) is 18.1 Å². The van der Waals surface area contributed by atoms with E-state index in [-0.39, 0.29) is 11.3 Å². The number of hydrogen-bond acceptors (Lipinski definition) is 4. The van der Waals surface area contributed by atoms with Crippen molar-refractivity contribution in [1.82, 2.24) is 0 Å². The molecule has 1 spiro atoms. The quantitative estimate of drug-likeness (QED) is 0.640. The van der Waals surface area contributed by atoms with Gasteiger partial charge in [0.1, 0.15) is 11.6 Å². The monoisotopic (exact) mass is 330 g/mol. The summed E-state index contributed by atoms with van der Waals surface area (Å²) in [6.07, 6.45) is 6.89. The van der Waals surface area contributed by atoms with E-state index in [4.69, 9.17) is 9.47 Å². The second kappa shape index (κ2) is 5.01. The van der Waals surface area contributed by atoms with Gasteiger partial charge in [-0.3, -0.25) is 9.59 Å². The Morgan fingerprint density at radius 3 is 2.58 bits per heavy atom. The van der Waals surface area contributed by atoms with E-state index in [0.717, 1.165) is 38.5 Å². The van der Waals surface area contributed by atoms with E-state index in [1.807, 2.05) is 0 Å². The van der Waals surface area contributed by atoms with Crippen LogP contribution in [0, 0.1) is 23.2 Å². The third kappa shape index (κ3) is 1.93. The molecule has 3 fully saturated rings. The maximum absolute atomic E-state index is 13.0. The van der Waals surface area contributed by atoms with Gasteiger partial charge in [-0.2, -0.15) is 0 Å². The van der Waals surface area contributed by atoms with Crippen LogP contribution in [0.3, 0.4) is 0 Å². The minimum absolute atomic E-state index is 0.0801. The van der Waals surface area contributed by atoms with E-state index < -0.39 is 5.79 Å². The zero-order valence-corrected chi connectivity index (χ0v) is 14.4. The highest BCUT2D eigenvalue weighted by atomic mass is 16.7. The first-order valence-corrected chi connectivity index (χ1v) is 9.57. The fraction of sp³-hybridized carbons (Fsp3) is 0.800. The number of rotatable bonds is 0. The first-order valence-electron chi connectivity index (χ1n) is 9.57. The molecule has 5 rings (SSSR count). The third-order valence-electron chi connectivity index (χ3n) is 7.65. The highest BCUT2D eigenvalue weighted by molar-refractivity contribution is 5.96. The minimum atomic E-state index is -0.402. The van der Waals surface area contributed by atoms with E-state index in [2.05, 4.69) is 6.92 Å². The van der Waals surface area contributed by atoms with Gasteiger partial charge in [0.25, 0.3) is 0 Å². The molecular weight excluding hydrogens is 304 g/mol. The van der Waals surface area contributed by atoms with Gasteiger partial charge in [0.05, 0.1) is 13.2 Å². The van der Waals surface area contributed by atoms with Gasteiger partial charge in [-0.15, -0.1) is 0 Å². The number of carbonyl (C=O) groups excluding carboxylic acids is 2. The molecule has 5 aliphatic rings. The molecule has 1 heterocycles. The summed E-state index contributed by atoms with van der Waals surface area (Å²) in [5, 5.41) is 0. The molecule has 0 bridgehead atoms. The molecule has 4 aliphatic carbocycles. The molecule has 4 nitrogen and oxygen atoms in total. The van der Waals surface area contributed by atoms with Crippen LogP contribution in [-0.2, 0) is 19.1 Å². The van der Waals surface area contributed by atoms with Gasteiger partial charge >= 0.3 is 0 Å². The second-order valence-electron chi connectivity index (χ2n) is 8.72. The summed E-state index contributed by atoms with van der Waals surface area (Å²) in [5.41, 5.74) is 2.44. The summed E-state index contributed by atoms with van der Waals surface area (Å²) in [7, 11) is 0. The summed E-state index contributed by atoms with van der Waals surface area (Å²) >= 11 is 0. The standard InChI is InChI=1S/C20H26O4/c1-19-11-16(21)18-13-6-7-20(23-8-9-24-20)10-12(13)2-3-14(18)15(19)4-5-17(19)22/h14-15,18H,2-11H2,1H3/t14-,15-,18+,19-/m0/s1. The van der Waals surface area contributed by atoms with Crippen LogP contribution in [0.2, 0.25) is 0 Å². The van der Waals surface area contributed by atoms with Gasteiger partial charge in [0.15, 0.2) is 5.79 Å². The Bertz CT molecular complexity index is 642. The topological polar surface area (TPSA) is 52.6 Å². The number of fused-ring (bicyclic) bond motifs is 4. The van der Waals surface area contributed by atoms with Crippen LogP contribution < -0.4 is 0 Å². The molecule has 24 heavy (non-hydrogen) atoms. The highest BCUT2D eigenvalue weighted by Gasteiger charge is 2.58. The van der Waals surface area contributed by atoms with Crippen molar-refractivity contribution in [1.29, 1.82) is 0 Å². The van der Waals surface area contributed by atoms with Crippen LogP contribution in [0.4, 0.5) is 0 Å². The number of carbonyl (C=O) groups is 2. The molecule has 130 valence electrons. The van der Waals surface area contributed by atoms with Crippen LogP contribution in [-0.4, -0.2) is 30.6 Å². The van der Waals surface area contributed by atoms with Crippen molar-refractivity contribution in [2.45, 2.75) is 64.1 Å². The first kappa shape index (κ1) is 15.3. The largest absolute Gasteiger partial charge is 0.347 e. The van der Waals surface area contributed by atoms with Crippen LogP contribution in [0.15, 0.2) is 11.1 Å². The number of ketones is 2. The van der Waals surface area contributed by atoms with Gasteiger partial charge in [-0.25, -0.2) is 0 Å². The van der Waals surface area contributed by atoms with Crippen molar-refractivity contribution in [3.8, 4) is 0 Å². The average Bonchev–Trinajstić information content (AvgIpc) is 3.12. The lowest BCUT2D eigenvalue weighted by molar-refractivity contribution is -0.166. The fourth-order valence-corrected chi connectivity index (χ4v) is 6.51. The number of ether oxygens (including phenoxy) is 2. The lowest BCUT2D eigenvalue weighted by Crippen LogP contribution is -2.49. The van der Waals surface area contributed by atoms with Gasteiger partial charge < -0.3 is 9.47 Å². The summed E-state index contributed by atoms with van der Waals surface area (Å²) in [5.74, 6) is 1.13. The zero-order chi connectivity index (χ0) is 16.5. The SMILES string of the molecule is C[C@]12CC(=O)[C@@H]3C4=C(CC[C@H]3[C@@H]1CCC2=O)CC1(CC4)OCCO1. The maximum Gasteiger partial charge on any atom is 0.172 e. The van der Waals surface area contributed by atoms with Crippen molar-refractivity contribution in [3.63, 3.8) is 0 Å². The van der Waals surface area contributed by atoms with Crippen LogP contribution in [0.1, 0.15) is 58.3 Å². The maximum atomic E-state index is 13.0. The number of Topliss-reactive ketones (excluding diaryl/α,β-unsaturated/α-hetero) is 2. The van der Waals surface area contributed by atoms with Gasteiger partial charge in [0, 0.05) is 37.0 Å². The highest BCUT2D eigenvalue weighted by Crippen LogP contribution is 2.59. The Balaban J connectivity index is 1.49. The van der Waals surface area contributed by atoms with Crippen molar-refractivity contribution >= 4 is 11.6 Å². The summed E-state index contributed by atoms with van der Waals surface area (Å²) < 4.78 is 11.8. The Morgan fingerprint density at radius 2 is 1.79 bits per heavy atom. The molecule has 0 N–H and O–H groups in total. The predicted octanol–water partition coefficient (Wildman–Crippen LogP) is 3.19. The van der Waals surface area contributed by atoms with Gasteiger partial charge in [0.2, 0.25) is 0 Å². The Hall–Kier alpha value is -1.00. The average molecular weight is 330 g/mol. The third-order valence-corrected chi connectivity index (χ3v) is 7.65. The number of hydrogen-bond donors (Lipinski definition) is 0. The molecule has 1 aliphatic heterocycles. The van der Waals surface area contributed by atoms with Crippen molar-refractivity contribution in [3.05, 3.63) is 11.1 Å². The molecule has 0 aromatic heterocycles. The molecule has 0 unspecified atom stereocenters. The van der Waals surface area contributed by atoms with Crippen LogP contribution >= 0.6 is 0 Å². The molecule has 0 amide bonds. The minimum Gasteiger partial charge on any atom is -0.347 e. The molecule has 0 aromatic carbocycles. The fourth-order valence-electron chi connectivity index (χ4n) is 6.51. The molecule has 4 heteroatoms. The van der Waals surface area contributed by atoms with E-state index in [1.165, 1.54) is 11.1 Å². The number of allylic oxidation sites excluding steroid dienone is 1. The molecule has 2 saturated carbocycles. The first-order chi connectivity index (χ1) is 11.5. The zero-order valence-electron chi connectivity index (χ0n) is 14.4. The van der Waals surface area contributed by atoms with E-state index in [1.54, 1.807) is 0 Å². The van der Waals surface area contributed by atoms with E-state index in [9.17, 15) is 9.59 Å². The van der Waals surface area contributed by atoms with Crippen LogP contribution in [0.25, 0.3) is 0 Å². The smallest absolute Gasteiger partial charge is 0.172 e. The van der Waals surface area contributed by atoms with Crippen molar-refractivity contribution in [2.24, 2.45) is 23.2 Å². The Morgan fingerprint density at radius 1 is 1.00 bits per heavy atom. The molecule has 4 atom stereocenters. The molecule has 0 aromatic rings.